The molecule has 0 bridgehead atoms. The summed E-state index contributed by atoms with van der Waals surface area (Å²) in [5.41, 5.74) is 4.70. The molecule has 1 aromatic rings. The first kappa shape index (κ1) is 17.8. The van der Waals surface area contributed by atoms with Gasteiger partial charge in [-0.1, -0.05) is 62.4 Å². The molecule has 1 aliphatic rings. The predicted molar refractivity (Wildman–Crippen MR) is 104 cm³/mol. The summed E-state index contributed by atoms with van der Waals surface area (Å²) in [5, 5.41) is 2.50. The second kappa shape index (κ2) is 8.91. The highest BCUT2D eigenvalue weighted by Crippen LogP contribution is 2.30. The van der Waals surface area contributed by atoms with Crippen LogP contribution in [0.25, 0.3) is 12.2 Å². The van der Waals surface area contributed by atoms with Gasteiger partial charge in [0.15, 0.2) is 0 Å². The summed E-state index contributed by atoms with van der Waals surface area (Å²) < 4.78 is 0. The van der Waals surface area contributed by atoms with Gasteiger partial charge in [0, 0.05) is 0 Å². The molecule has 1 unspecified atom stereocenters. The van der Waals surface area contributed by atoms with E-state index in [1.54, 1.807) is 11.1 Å². The van der Waals surface area contributed by atoms with Gasteiger partial charge in [-0.25, -0.2) is 0 Å². The molecule has 1 aliphatic carbocycles. The Morgan fingerprint density at radius 1 is 1.22 bits per heavy atom. The molecule has 1 aromatic carbocycles. The smallest absolute Gasteiger partial charge is 0.0221 e. The van der Waals surface area contributed by atoms with Gasteiger partial charge in [-0.3, -0.25) is 0 Å². The van der Waals surface area contributed by atoms with Gasteiger partial charge < -0.3 is 0 Å². The van der Waals surface area contributed by atoms with E-state index in [9.17, 15) is 0 Å². The fourth-order valence-corrected chi connectivity index (χ4v) is 3.43. The topological polar surface area (TPSA) is 0 Å². The van der Waals surface area contributed by atoms with Crippen molar-refractivity contribution in [3.63, 3.8) is 0 Å². The van der Waals surface area contributed by atoms with Gasteiger partial charge >= 0.3 is 0 Å². The minimum Gasteiger partial charge on any atom is -0.0918 e. The van der Waals surface area contributed by atoms with Crippen LogP contribution in [0.1, 0.15) is 65.7 Å². The Bertz CT molecular complexity index is 649. The molecule has 23 heavy (non-hydrogen) atoms. The second-order valence-corrected chi connectivity index (χ2v) is 7.10. The van der Waals surface area contributed by atoms with Crippen molar-refractivity contribution in [3.8, 4) is 0 Å². The quantitative estimate of drug-likeness (QED) is 0.607. The zero-order chi connectivity index (χ0) is 16.7. The molecule has 0 spiro atoms. The Balaban J connectivity index is 2.22. The minimum absolute atomic E-state index is 0.844. The highest BCUT2D eigenvalue weighted by atomic mass is 14.2. The largest absolute Gasteiger partial charge is 0.0918 e. The van der Waals surface area contributed by atoms with Crippen LogP contribution in [0.4, 0.5) is 0 Å². The van der Waals surface area contributed by atoms with E-state index < -0.39 is 0 Å². The number of rotatable bonds is 6. The fourth-order valence-electron chi connectivity index (χ4n) is 3.43. The van der Waals surface area contributed by atoms with Gasteiger partial charge in [-0.15, -0.1) is 0 Å². The summed E-state index contributed by atoms with van der Waals surface area (Å²) in [6.07, 6.45) is 13.5. The van der Waals surface area contributed by atoms with Crippen LogP contribution in [-0.2, 0) is 0 Å². The second-order valence-electron chi connectivity index (χ2n) is 7.10. The maximum atomic E-state index is 4.02. The molecule has 0 fully saturated rings. The maximum Gasteiger partial charge on any atom is -0.0221 e. The van der Waals surface area contributed by atoms with Crippen molar-refractivity contribution < 1.29 is 0 Å². The molecule has 0 amide bonds. The zero-order valence-corrected chi connectivity index (χ0v) is 15.2. The van der Waals surface area contributed by atoms with Crippen molar-refractivity contribution in [1.29, 1.82) is 0 Å². The summed E-state index contributed by atoms with van der Waals surface area (Å²) in [4.78, 5) is 0. The van der Waals surface area contributed by atoms with Gasteiger partial charge in [0.2, 0.25) is 0 Å². The molecule has 0 saturated carbocycles. The van der Waals surface area contributed by atoms with E-state index in [2.05, 4.69) is 63.8 Å². The van der Waals surface area contributed by atoms with Crippen molar-refractivity contribution in [2.75, 3.05) is 0 Å². The maximum absolute atomic E-state index is 4.02. The van der Waals surface area contributed by atoms with Gasteiger partial charge in [-0.05, 0) is 79.4 Å². The number of benzene rings is 1. The normalized spacial score (nSPS) is 18.7. The lowest BCUT2D eigenvalue weighted by Gasteiger charge is -2.21. The lowest BCUT2D eigenvalue weighted by molar-refractivity contribution is 0.518. The lowest BCUT2D eigenvalue weighted by atomic mass is 9.85. The van der Waals surface area contributed by atoms with Crippen LogP contribution in [0.5, 0.6) is 0 Å². The molecule has 1 atom stereocenters. The molecular weight excluding hydrogens is 276 g/mol. The number of allylic oxidation sites excluding steroid dienone is 4. The average molecular weight is 309 g/mol. The van der Waals surface area contributed by atoms with Crippen LogP contribution < -0.4 is 10.4 Å². The van der Waals surface area contributed by atoms with Gasteiger partial charge in [0.1, 0.15) is 0 Å². The molecule has 0 saturated heterocycles. The Hall–Kier alpha value is -1.56. The van der Waals surface area contributed by atoms with Crippen LogP contribution in [-0.4, -0.2) is 0 Å². The first-order chi connectivity index (χ1) is 11.1. The molecule has 124 valence electrons. The lowest BCUT2D eigenvalue weighted by Crippen LogP contribution is -2.13. The number of hydrogen-bond acceptors (Lipinski definition) is 0. The van der Waals surface area contributed by atoms with Crippen LogP contribution in [0.3, 0.4) is 0 Å². The van der Waals surface area contributed by atoms with Crippen LogP contribution in [0.15, 0.2) is 47.6 Å². The average Bonchev–Trinajstić information content (AvgIpc) is 2.54. The first-order valence-corrected chi connectivity index (χ1v) is 9.23. The molecule has 0 heterocycles. The molecule has 0 nitrogen and oxygen atoms in total. The highest BCUT2D eigenvalue weighted by molar-refractivity contribution is 5.64. The summed E-state index contributed by atoms with van der Waals surface area (Å²) in [5.74, 6) is 0.844. The van der Waals surface area contributed by atoms with E-state index in [1.165, 1.54) is 49.3 Å². The summed E-state index contributed by atoms with van der Waals surface area (Å²) in [6.45, 7) is 10.9. The van der Waals surface area contributed by atoms with Crippen LogP contribution in [0, 0.1) is 5.92 Å². The molecule has 0 N–H and O–H groups in total. The van der Waals surface area contributed by atoms with Crippen LogP contribution >= 0.6 is 0 Å². The molecule has 0 radical (unpaired) electrons. The van der Waals surface area contributed by atoms with Crippen molar-refractivity contribution >= 4 is 12.2 Å². The van der Waals surface area contributed by atoms with E-state index in [0.717, 1.165) is 17.6 Å². The third-order valence-corrected chi connectivity index (χ3v) is 4.91. The highest BCUT2D eigenvalue weighted by Gasteiger charge is 2.13. The Labute approximate surface area is 142 Å². The molecule has 0 heteroatoms. The minimum atomic E-state index is 0.844. The van der Waals surface area contributed by atoms with E-state index >= 15 is 0 Å². The van der Waals surface area contributed by atoms with Crippen molar-refractivity contribution in [1.82, 2.24) is 0 Å². The molecule has 0 aromatic heterocycles. The zero-order valence-electron chi connectivity index (χ0n) is 15.2. The van der Waals surface area contributed by atoms with E-state index in [4.69, 9.17) is 0 Å². The van der Waals surface area contributed by atoms with Gasteiger partial charge in [-0.2, -0.15) is 0 Å². The Kier molecular flexibility index (Phi) is 6.89. The third kappa shape index (κ3) is 5.53. The predicted octanol–water partition coefficient (Wildman–Crippen LogP) is 5.52. The number of hydrogen-bond donors (Lipinski definition) is 0. The van der Waals surface area contributed by atoms with Crippen molar-refractivity contribution in [2.24, 2.45) is 5.92 Å². The van der Waals surface area contributed by atoms with Crippen molar-refractivity contribution in [3.05, 3.63) is 58.0 Å². The van der Waals surface area contributed by atoms with E-state index in [0.29, 0.717) is 0 Å². The molecule has 0 aliphatic heterocycles. The molecular formula is C23H32. The Morgan fingerprint density at radius 2 is 1.96 bits per heavy atom. The molecule has 2 rings (SSSR count). The van der Waals surface area contributed by atoms with E-state index in [-0.39, 0.29) is 0 Å². The fraction of sp³-hybridized carbons (Fsp3) is 0.478. The summed E-state index contributed by atoms with van der Waals surface area (Å²) in [6, 6.07) is 8.80. The standard InChI is InChI=1S/C23H32/c1-5-7-18(2)8-6-9-23(21-14-10-19(3)11-15-21)22-16-12-20(4)13-17-22/h7,10-11,14-16,20H,3,5-6,8-9,12-13,17H2,1-2,4H3/b18-7-. The van der Waals surface area contributed by atoms with E-state index in [1.807, 2.05) is 0 Å². The Morgan fingerprint density at radius 3 is 2.57 bits per heavy atom. The summed E-state index contributed by atoms with van der Waals surface area (Å²) >= 11 is 0. The van der Waals surface area contributed by atoms with Crippen LogP contribution in [0.2, 0.25) is 0 Å². The van der Waals surface area contributed by atoms with Gasteiger partial charge in [0.25, 0.3) is 0 Å². The summed E-state index contributed by atoms with van der Waals surface area (Å²) in [7, 11) is 0. The first-order valence-electron chi connectivity index (χ1n) is 9.23. The van der Waals surface area contributed by atoms with Crippen molar-refractivity contribution in [2.45, 2.75) is 65.7 Å². The van der Waals surface area contributed by atoms with Gasteiger partial charge in [0.05, 0.1) is 0 Å². The third-order valence-electron chi connectivity index (χ3n) is 4.91. The SMILES string of the molecule is C=c1ccc(=C(CCC/C(C)=C\CC)C2=CCC(C)CC2)cc1. The monoisotopic (exact) mass is 308 g/mol.